The molecule has 0 spiro atoms. The fourth-order valence-corrected chi connectivity index (χ4v) is 3.42. The molecule has 1 aliphatic rings. The SMILES string of the molecule is COC(=O)c1c(C2CC2)csc1NC(=O)NC(C)(C)CCC(=O)O. The van der Waals surface area contributed by atoms with E-state index in [2.05, 4.69) is 10.6 Å². The molecule has 3 N–H and O–H groups in total. The second kappa shape index (κ2) is 7.21. The van der Waals surface area contributed by atoms with E-state index in [-0.39, 0.29) is 6.42 Å². The minimum atomic E-state index is -0.911. The topological polar surface area (TPSA) is 105 Å². The van der Waals surface area contributed by atoms with Crippen LogP contribution in [-0.4, -0.2) is 35.7 Å². The molecule has 1 heterocycles. The number of carbonyl (C=O) groups excluding carboxylic acids is 2. The van der Waals surface area contributed by atoms with Crippen LogP contribution in [0.15, 0.2) is 5.38 Å². The minimum Gasteiger partial charge on any atom is -0.481 e. The van der Waals surface area contributed by atoms with Crippen LogP contribution in [0.5, 0.6) is 0 Å². The maximum Gasteiger partial charge on any atom is 0.341 e. The van der Waals surface area contributed by atoms with Gasteiger partial charge in [0.2, 0.25) is 0 Å². The number of methoxy groups -OCH3 is 1. The van der Waals surface area contributed by atoms with Gasteiger partial charge in [-0.2, -0.15) is 0 Å². The van der Waals surface area contributed by atoms with Crippen molar-refractivity contribution in [1.29, 1.82) is 0 Å². The van der Waals surface area contributed by atoms with Crippen molar-refractivity contribution in [2.45, 2.75) is 51.0 Å². The molecule has 1 aromatic heterocycles. The highest BCUT2D eigenvalue weighted by molar-refractivity contribution is 7.15. The van der Waals surface area contributed by atoms with Crippen molar-refractivity contribution in [3.63, 3.8) is 0 Å². The first-order chi connectivity index (χ1) is 11.2. The Morgan fingerprint density at radius 2 is 2.04 bits per heavy atom. The number of urea groups is 1. The molecule has 1 fully saturated rings. The first-order valence-electron chi connectivity index (χ1n) is 7.74. The van der Waals surface area contributed by atoms with Crippen LogP contribution in [0.25, 0.3) is 0 Å². The molecule has 2 amide bonds. The van der Waals surface area contributed by atoms with Gasteiger partial charge in [-0.1, -0.05) is 0 Å². The highest BCUT2D eigenvalue weighted by atomic mass is 32.1. The average molecular weight is 354 g/mol. The van der Waals surface area contributed by atoms with Crippen molar-refractivity contribution < 1.29 is 24.2 Å². The fraction of sp³-hybridized carbons (Fsp3) is 0.562. The Morgan fingerprint density at radius 1 is 1.38 bits per heavy atom. The number of nitrogens with one attached hydrogen (secondary N) is 2. The molecule has 7 nitrogen and oxygen atoms in total. The van der Waals surface area contributed by atoms with Crippen LogP contribution in [0.4, 0.5) is 9.80 Å². The number of hydrogen-bond acceptors (Lipinski definition) is 5. The van der Waals surface area contributed by atoms with Crippen molar-refractivity contribution in [1.82, 2.24) is 5.32 Å². The van der Waals surface area contributed by atoms with Crippen LogP contribution in [0, 0.1) is 0 Å². The number of thiophene rings is 1. The number of carboxylic acid groups (broad SMARTS) is 1. The number of ether oxygens (including phenoxy) is 1. The third-order valence-electron chi connectivity index (χ3n) is 3.87. The van der Waals surface area contributed by atoms with E-state index in [0.717, 1.165) is 18.4 Å². The first-order valence-corrected chi connectivity index (χ1v) is 8.62. The summed E-state index contributed by atoms with van der Waals surface area (Å²) in [5, 5.41) is 16.5. The number of carboxylic acids is 1. The number of aliphatic carboxylic acids is 1. The number of esters is 1. The van der Waals surface area contributed by atoms with E-state index in [9.17, 15) is 14.4 Å². The van der Waals surface area contributed by atoms with Crippen molar-refractivity contribution in [2.75, 3.05) is 12.4 Å². The predicted molar refractivity (Wildman–Crippen MR) is 90.7 cm³/mol. The number of amides is 2. The summed E-state index contributed by atoms with van der Waals surface area (Å²) in [7, 11) is 1.32. The maximum absolute atomic E-state index is 12.2. The van der Waals surface area contributed by atoms with Gasteiger partial charge in [0.25, 0.3) is 0 Å². The van der Waals surface area contributed by atoms with Gasteiger partial charge < -0.3 is 15.2 Å². The third kappa shape index (κ3) is 4.70. The summed E-state index contributed by atoms with van der Waals surface area (Å²) in [6.45, 7) is 3.50. The highest BCUT2D eigenvalue weighted by Gasteiger charge is 2.32. The second-order valence-corrected chi connectivity index (χ2v) is 7.40. The van der Waals surface area contributed by atoms with E-state index in [4.69, 9.17) is 9.84 Å². The Balaban J connectivity index is 2.06. The average Bonchev–Trinajstić information content (AvgIpc) is 3.25. The summed E-state index contributed by atoms with van der Waals surface area (Å²) in [5.74, 6) is -1.01. The number of carbonyl (C=O) groups is 3. The lowest BCUT2D eigenvalue weighted by molar-refractivity contribution is -0.137. The zero-order valence-corrected chi connectivity index (χ0v) is 14.8. The summed E-state index contributed by atoms with van der Waals surface area (Å²) < 4.78 is 4.83. The molecule has 0 aromatic carbocycles. The molecule has 0 bridgehead atoms. The molecule has 0 radical (unpaired) electrons. The minimum absolute atomic E-state index is 0.0362. The van der Waals surface area contributed by atoms with E-state index in [1.54, 1.807) is 13.8 Å². The standard InChI is InChI=1S/C16H22N2O5S/c1-16(2,7-6-11(19)20)18-15(22)17-13-12(14(21)23-3)10(8-24-13)9-4-5-9/h8-9H,4-7H2,1-3H3,(H,19,20)(H2,17,18,22). The fourth-order valence-electron chi connectivity index (χ4n) is 2.39. The largest absolute Gasteiger partial charge is 0.481 e. The molecule has 0 saturated heterocycles. The van der Waals surface area contributed by atoms with Crippen molar-refractivity contribution in [3.8, 4) is 0 Å². The van der Waals surface area contributed by atoms with Crippen LogP contribution >= 0.6 is 11.3 Å². The van der Waals surface area contributed by atoms with Gasteiger partial charge in [-0.3, -0.25) is 10.1 Å². The van der Waals surface area contributed by atoms with Crippen LogP contribution in [0.1, 0.15) is 61.4 Å². The highest BCUT2D eigenvalue weighted by Crippen LogP contribution is 2.46. The first kappa shape index (κ1) is 18.3. The smallest absolute Gasteiger partial charge is 0.341 e. The summed E-state index contributed by atoms with van der Waals surface area (Å²) in [5.41, 5.74) is 0.667. The summed E-state index contributed by atoms with van der Waals surface area (Å²) in [4.78, 5) is 34.9. The van der Waals surface area contributed by atoms with Crippen LogP contribution in [0.3, 0.4) is 0 Å². The number of hydrogen-bond donors (Lipinski definition) is 3. The third-order valence-corrected chi connectivity index (χ3v) is 4.78. The van der Waals surface area contributed by atoms with E-state index in [0.29, 0.717) is 22.9 Å². The molecule has 0 atom stereocenters. The molecular weight excluding hydrogens is 332 g/mol. The lowest BCUT2D eigenvalue weighted by Crippen LogP contribution is -2.45. The number of anilines is 1. The predicted octanol–water partition coefficient (Wildman–Crippen LogP) is 3.18. The maximum atomic E-state index is 12.2. The molecule has 8 heteroatoms. The summed E-state index contributed by atoms with van der Waals surface area (Å²) >= 11 is 1.29. The van der Waals surface area contributed by atoms with Crippen molar-refractivity contribution in [3.05, 3.63) is 16.5 Å². The van der Waals surface area contributed by atoms with Crippen LogP contribution in [0.2, 0.25) is 0 Å². The number of rotatable bonds is 7. The van der Waals surface area contributed by atoms with E-state index < -0.39 is 23.5 Å². The van der Waals surface area contributed by atoms with Gasteiger partial charge in [-0.05, 0) is 50.0 Å². The second-order valence-electron chi connectivity index (χ2n) is 6.52. The van der Waals surface area contributed by atoms with Gasteiger partial charge in [0, 0.05) is 12.0 Å². The molecule has 1 aliphatic carbocycles. The molecule has 24 heavy (non-hydrogen) atoms. The van der Waals surface area contributed by atoms with Gasteiger partial charge >= 0.3 is 18.0 Å². The zero-order chi connectivity index (χ0) is 17.9. The molecular formula is C16H22N2O5S. The quantitative estimate of drug-likeness (QED) is 0.652. The summed E-state index contributed by atoms with van der Waals surface area (Å²) in [6, 6.07) is -0.472. The Morgan fingerprint density at radius 3 is 2.58 bits per heavy atom. The molecule has 132 valence electrons. The van der Waals surface area contributed by atoms with E-state index >= 15 is 0 Å². The molecule has 0 unspecified atom stereocenters. The van der Waals surface area contributed by atoms with Crippen LogP contribution < -0.4 is 10.6 Å². The lowest BCUT2D eigenvalue weighted by atomic mass is 9.99. The zero-order valence-electron chi connectivity index (χ0n) is 14.0. The molecule has 1 aromatic rings. The molecule has 1 saturated carbocycles. The van der Waals surface area contributed by atoms with Crippen molar-refractivity contribution >= 4 is 34.3 Å². The Bertz CT molecular complexity index is 649. The van der Waals surface area contributed by atoms with E-state index in [1.165, 1.54) is 18.4 Å². The Hall–Kier alpha value is -2.09. The van der Waals surface area contributed by atoms with Gasteiger partial charge in [0.1, 0.15) is 5.00 Å². The van der Waals surface area contributed by atoms with Gasteiger partial charge in [0.15, 0.2) is 0 Å². The lowest BCUT2D eigenvalue weighted by Gasteiger charge is -2.25. The molecule has 0 aliphatic heterocycles. The monoisotopic (exact) mass is 354 g/mol. The van der Waals surface area contributed by atoms with Gasteiger partial charge in [-0.25, -0.2) is 9.59 Å². The van der Waals surface area contributed by atoms with E-state index in [1.807, 2.05) is 5.38 Å². The normalized spacial score (nSPS) is 14.1. The van der Waals surface area contributed by atoms with Crippen molar-refractivity contribution in [2.24, 2.45) is 0 Å². The summed E-state index contributed by atoms with van der Waals surface area (Å²) in [6.07, 6.45) is 2.34. The van der Waals surface area contributed by atoms with Crippen LogP contribution in [-0.2, 0) is 9.53 Å². The van der Waals surface area contributed by atoms with Gasteiger partial charge in [-0.15, -0.1) is 11.3 Å². The Kier molecular flexibility index (Phi) is 5.48. The Labute approximate surface area is 144 Å². The van der Waals surface area contributed by atoms with Gasteiger partial charge in [0.05, 0.1) is 12.7 Å². The molecule has 2 rings (SSSR count).